The standard InChI is InChI=1S/C13H20N6O2S/c1-9-4-6-19-12(9)13(16-10(2)17-19)18-7-11(8-18)3-5-15-22(14,20)21/h4,6,11,15H,3,5,7-8H2,1-2H3,(H2,14,20,21). The van der Waals surface area contributed by atoms with Gasteiger partial charge in [0.1, 0.15) is 11.3 Å². The third-order valence-electron chi connectivity index (χ3n) is 3.91. The van der Waals surface area contributed by atoms with Crippen LogP contribution < -0.4 is 14.8 Å². The normalized spacial score (nSPS) is 16.2. The zero-order valence-corrected chi connectivity index (χ0v) is 13.5. The zero-order valence-electron chi connectivity index (χ0n) is 12.7. The first-order valence-corrected chi connectivity index (χ1v) is 8.73. The second-order valence-corrected chi connectivity index (χ2v) is 7.15. The molecule has 1 saturated heterocycles. The Hall–Kier alpha value is -1.71. The first-order chi connectivity index (χ1) is 10.3. The summed E-state index contributed by atoms with van der Waals surface area (Å²) in [7, 11) is -3.59. The van der Waals surface area contributed by atoms with Crippen molar-refractivity contribution >= 4 is 21.5 Å². The van der Waals surface area contributed by atoms with Gasteiger partial charge in [0.15, 0.2) is 5.82 Å². The molecule has 3 heterocycles. The van der Waals surface area contributed by atoms with Crippen LogP contribution in [0.4, 0.5) is 5.82 Å². The number of rotatable bonds is 5. The molecule has 0 atom stereocenters. The van der Waals surface area contributed by atoms with E-state index < -0.39 is 10.2 Å². The maximum atomic E-state index is 10.8. The lowest BCUT2D eigenvalue weighted by molar-refractivity contribution is 0.381. The van der Waals surface area contributed by atoms with E-state index in [4.69, 9.17) is 5.14 Å². The molecular formula is C13H20N6O2S. The molecule has 0 saturated carbocycles. The first kappa shape index (κ1) is 15.2. The van der Waals surface area contributed by atoms with Crippen LogP contribution in [0.2, 0.25) is 0 Å². The molecule has 1 aliphatic rings. The lowest BCUT2D eigenvalue weighted by atomic mass is 9.96. The molecule has 0 bridgehead atoms. The van der Waals surface area contributed by atoms with Crippen molar-refractivity contribution < 1.29 is 8.42 Å². The summed E-state index contributed by atoms with van der Waals surface area (Å²) in [5.41, 5.74) is 2.18. The Morgan fingerprint density at radius 2 is 2.14 bits per heavy atom. The number of aromatic nitrogens is 3. The predicted octanol–water partition coefficient (Wildman–Crippen LogP) is -0.0345. The Balaban J connectivity index is 1.67. The van der Waals surface area contributed by atoms with Gasteiger partial charge in [0.05, 0.1) is 0 Å². The van der Waals surface area contributed by atoms with Gasteiger partial charge in [-0.3, -0.25) is 0 Å². The summed E-state index contributed by atoms with van der Waals surface area (Å²) < 4.78 is 25.9. The molecule has 1 aliphatic heterocycles. The molecule has 22 heavy (non-hydrogen) atoms. The van der Waals surface area contributed by atoms with Gasteiger partial charge < -0.3 is 4.90 Å². The van der Waals surface area contributed by atoms with Crippen LogP contribution in [0.25, 0.3) is 5.52 Å². The average Bonchev–Trinajstić information content (AvgIpc) is 2.71. The number of nitrogens with zero attached hydrogens (tertiary/aromatic N) is 4. The minimum atomic E-state index is -3.59. The first-order valence-electron chi connectivity index (χ1n) is 7.18. The molecule has 0 aliphatic carbocycles. The van der Waals surface area contributed by atoms with E-state index in [-0.39, 0.29) is 0 Å². The maximum Gasteiger partial charge on any atom is 0.274 e. The minimum Gasteiger partial charge on any atom is -0.354 e. The van der Waals surface area contributed by atoms with Crippen LogP contribution >= 0.6 is 0 Å². The highest BCUT2D eigenvalue weighted by atomic mass is 32.2. The molecule has 1 fully saturated rings. The Morgan fingerprint density at radius 3 is 2.82 bits per heavy atom. The van der Waals surface area contributed by atoms with Gasteiger partial charge >= 0.3 is 0 Å². The summed E-state index contributed by atoms with van der Waals surface area (Å²) in [6, 6.07) is 2.03. The molecule has 2 aromatic rings. The van der Waals surface area contributed by atoms with Crippen LogP contribution in [0.3, 0.4) is 0 Å². The van der Waals surface area contributed by atoms with E-state index in [0.717, 1.165) is 42.2 Å². The third-order valence-corrected chi connectivity index (χ3v) is 4.52. The van der Waals surface area contributed by atoms with Gasteiger partial charge in [-0.2, -0.15) is 13.5 Å². The smallest absolute Gasteiger partial charge is 0.274 e. The van der Waals surface area contributed by atoms with E-state index in [0.29, 0.717) is 12.5 Å². The Bertz CT molecular complexity index is 794. The molecule has 3 N–H and O–H groups in total. The summed E-state index contributed by atoms with van der Waals surface area (Å²) in [5.74, 6) is 2.13. The van der Waals surface area contributed by atoms with E-state index in [1.165, 1.54) is 0 Å². The van der Waals surface area contributed by atoms with E-state index in [9.17, 15) is 8.42 Å². The molecule has 0 spiro atoms. The van der Waals surface area contributed by atoms with Gasteiger partial charge in [-0.05, 0) is 37.8 Å². The van der Waals surface area contributed by atoms with Crippen LogP contribution in [-0.4, -0.2) is 42.7 Å². The lowest BCUT2D eigenvalue weighted by Gasteiger charge is -2.40. The third kappa shape index (κ3) is 3.06. The highest BCUT2D eigenvalue weighted by Crippen LogP contribution is 2.30. The lowest BCUT2D eigenvalue weighted by Crippen LogP contribution is -2.48. The van der Waals surface area contributed by atoms with Crippen LogP contribution in [0.1, 0.15) is 17.8 Å². The maximum absolute atomic E-state index is 10.8. The highest BCUT2D eigenvalue weighted by molar-refractivity contribution is 7.87. The number of hydrogen-bond acceptors (Lipinski definition) is 5. The molecule has 2 aromatic heterocycles. The van der Waals surface area contributed by atoms with Crippen molar-refractivity contribution in [2.45, 2.75) is 20.3 Å². The molecule has 0 unspecified atom stereocenters. The number of aryl methyl sites for hydroxylation is 2. The van der Waals surface area contributed by atoms with Gasteiger partial charge in [0, 0.05) is 25.8 Å². The number of hydrogen-bond donors (Lipinski definition) is 2. The van der Waals surface area contributed by atoms with E-state index in [1.54, 1.807) is 0 Å². The fourth-order valence-electron chi connectivity index (χ4n) is 2.81. The number of fused-ring (bicyclic) bond motifs is 1. The summed E-state index contributed by atoms with van der Waals surface area (Å²) in [6.07, 6.45) is 2.71. The summed E-state index contributed by atoms with van der Waals surface area (Å²) >= 11 is 0. The van der Waals surface area contributed by atoms with Crippen molar-refractivity contribution in [2.24, 2.45) is 11.1 Å². The van der Waals surface area contributed by atoms with Crippen molar-refractivity contribution in [2.75, 3.05) is 24.5 Å². The molecule has 0 amide bonds. The predicted molar refractivity (Wildman–Crippen MR) is 83.9 cm³/mol. The SMILES string of the molecule is Cc1nc(N2CC(CCNS(N)(=O)=O)C2)c2c(C)ccn2n1. The average molecular weight is 324 g/mol. The second kappa shape index (κ2) is 5.49. The quantitative estimate of drug-likeness (QED) is 0.803. The number of nitrogens with one attached hydrogen (secondary N) is 1. The second-order valence-electron chi connectivity index (χ2n) is 5.77. The molecule has 3 rings (SSSR count). The fraction of sp³-hybridized carbons (Fsp3) is 0.538. The van der Waals surface area contributed by atoms with E-state index >= 15 is 0 Å². The Kier molecular flexibility index (Phi) is 3.79. The number of anilines is 1. The number of nitrogens with two attached hydrogens (primary N) is 1. The van der Waals surface area contributed by atoms with Crippen molar-refractivity contribution in [3.63, 3.8) is 0 Å². The molecule has 8 nitrogen and oxygen atoms in total. The molecule has 0 radical (unpaired) electrons. The van der Waals surface area contributed by atoms with Gasteiger partial charge in [0.2, 0.25) is 0 Å². The summed E-state index contributed by atoms with van der Waals surface area (Å²) in [4.78, 5) is 6.78. The van der Waals surface area contributed by atoms with Crippen LogP contribution in [0.5, 0.6) is 0 Å². The van der Waals surface area contributed by atoms with Crippen molar-refractivity contribution in [3.8, 4) is 0 Å². The molecular weight excluding hydrogens is 304 g/mol. The van der Waals surface area contributed by atoms with Gasteiger partial charge in [-0.25, -0.2) is 19.4 Å². The van der Waals surface area contributed by atoms with Crippen molar-refractivity contribution in [3.05, 3.63) is 23.7 Å². The molecule has 9 heteroatoms. The van der Waals surface area contributed by atoms with Gasteiger partial charge in [-0.1, -0.05) is 0 Å². The Labute approximate surface area is 129 Å². The van der Waals surface area contributed by atoms with Crippen LogP contribution in [0, 0.1) is 19.8 Å². The highest BCUT2D eigenvalue weighted by Gasteiger charge is 2.29. The van der Waals surface area contributed by atoms with Crippen molar-refractivity contribution in [1.29, 1.82) is 0 Å². The Morgan fingerprint density at radius 1 is 1.41 bits per heavy atom. The van der Waals surface area contributed by atoms with Gasteiger partial charge in [0.25, 0.3) is 10.2 Å². The summed E-state index contributed by atoms with van der Waals surface area (Å²) in [6.45, 7) is 6.03. The monoisotopic (exact) mass is 324 g/mol. The van der Waals surface area contributed by atoms with Crippen LogP contribution in [-0.2, 0) is 10.2 Å². The largest absolute Gasteiger partial charge is 0.354 e. The topological polar surface area (TPSA) is 106 Å². The minimum absolute atomic E-state index is 0.375. The van der Waals surface area contributed by atoms with E-state index in [2.05, 4.69) is 19.7 Å². The summed E-state index contributed by atoms with van der Waals surface area (Å²) in [5, 5.41) is 9.30. The van der Waals surface area contributed by atoms with E-state index in [1.807, 2.05) is 30.6 Å². The fourth-order valence-corrected chi connectivity index (χ4v) is 3.22. The zero-order chi connectivity index (χ0) is 15.9. The molecule has 120 valence electrons. The van der Waals surface area contributed by atoms with Crippen LogP contribution in [0.15, 0.2) is 12.3 Å². The van der Waals surface area contributed by atoms with Gasteiger partial charge in [-0.15, -0.1) is 0 Å². The van der Waals surface area contributed by atoms with Crippen molar-refractivity contribution in [1.82, 2.24) is 19.3 Å². The molecule has 0 aromatic carbocycles.